The Morgan fingerprint density at radius 3 is 2.53 bits per heavy atom. The minimum Gasteiger partial charge on any atom is -0.390 e. The van der Waals surface area contributed by atoms with E-state index in [0.717, 1.165) is 29.7 Å². The van der Waals surface area contributed by atoms with Gasteiger partial charge in [0.25, 0.3) is 0 Å². The number of hydrogen-bond acceptors (Lipinski definition) is 2. The van der Waals surface area contributed by atoms with Crippen LogP contribution in [-0.2, 0) is 6.42 Å². The van der Waals surface area contributed by atoms with Gasteiger partial charge in [0.15, 0.2) is 0 Å². The van der Waals surface area contributed by atoms with E-state index in [2.05, 4.69) is 48.1 Å². The summed E-state index contributed by atoms with van der Waals surface area (Å²) in [6, 6.07) is 2.08. The molecule has 0 radical (unpaired) electrons. The van der Waals surface area contributed by atoms with E-state index in [4.69, 9.17) is 0 Å². The fourth-order valence-electron chi connectivity index (χ4n) is 3.15. The maximum Gasteiger partial charge on any atom is 0.0696 e. The Labute approximate surface area is 129 Å². The Balaban J connectivity index is 1.97. The highest BCUT2D eigenvalue weighted by Gasteiger charge is 2.38. The molecule has 0 saturated heterocycles. The van der Waals surface area contributed by atoms with Gasteiger partial charge < -0.3 is 5.11 Å². The fraction of sp³-hybridized carbons (Fsp3) is 0.750. The third-order valence-corrected chi connectivity index (χ3v) is 7.04. The van der Waals surface area contributed by atoms with Crippen LogP contribution in [0.5, 0.6) is 0 Å². The number of rotatable bonds is 4. The SMILES string of the molecule is CCC(C)(C)C1CCC(O)(Cc2sccc2Br)CC1. The molecule has 1 heterocycles. The maximum atomic E-state index is 10.8. The molecule has 1 fully saturated rings. The van der Waals surface area contributed by atoms with Gasteiger partial charge in [-0.2, -0.15) is 0 Å². The lowest BCUT2D eigenvalue weighted by Gasteiger charge is -2.42. The summed E-state index contributed by atoms with van der Waals surface area (Å²) in [6.07, 6.45) is 6.27. The van der Waals surface area contributed by atoms with E-state index in [1.54, 1.807) is 11.3 Å². The van der Waals surface area contributed by atoms with Crippen molar-refractivity contribution in [2.45, 2.75) is 64.9 Å². The van der Waals surface area contributed by atoms with Crippen molar-refractivity contribution in [2.75, 3.05) is 0 Å². The predicted octanol–water partition coefficient (Wildman–Crippen LogP) is 5.41. The van der Waals surface area contributed by atoms with Crippen LogP contribution >= 0.6 is 27.3 Å². The van der Waals surface area contributed by atoms with Crippen LogP contribution in [0.1, 0.15) is 57.8 Å². The van der Waals surface area contributed by atoms with Gasteiger partial charge >= 0.3 is 0 Å². The summed E-state index contributed by atoms with van der Waals surface area (Å²) in [5, 5.41) is 12.9. The third-order valence-electron chi connectivity index (χ3n) is 5.11. The minimum absolute atomic E-state index is 0.421. The van der Waals surface area contributed by atoms with Crippen LogP contribution in [0.15, 0.2) is 15.9 Å². The Bertz CT molecular complexity index is 416. The lowest BCUT2D eigenvalue weighted by molar-refractivity contribution is -0.0271. The molecule has 1 aliphatic carbocycles. The number of thiophene rings is 1. The fourth-order valence-corrected chi connectivity index (χ4v) is 4.78. The van der Waals surface area contributed by atoms with Gasteiger partial charge in [0.1, 0.15) is 0 Å². The quantitative estimate of drug-likeness (QED) is 0.773. The summed E-state index contributed by atoms with van der Waals surface area (Å²) < 4.78 is 1.15. The van der Waals surface area contributed by atoms with Gasteiger partial charge in [-0.15, -0.1) is 11.3 Å². The molecule has 2 rings (SSSR count). The second-order valence-corrected chi connectivity index (χ2v) is 8.56. The zero-order valence-corrected chi connectivity index (χ0v) is 14.6. The van der Waals surface area contributed by atoms with Crippen molar-refractivity contribution in [3.8, 4) is 0 Å². The Morgan fingerprint density at radius 2 is 2.05 bits per heavy atom. The minimum atomic E-state index is -0.478. The van der Waals surface area contributed by atoms with Gasteiger partial charge in [0.05, 0.1) is 5.60 Å². The van der Waals surface area contributed by atoms with Crippen molar-refractivity contribution in [1.29, 1.82) is 0 Å². The van der Waals surface area contributed by atoms with E-state index >= 15 is 0 Å². The van der Waals surface area contributed by atoms with Crippen molar-refractivity contribution >= 4 is 27.3 Å². The highest BCUT2D eigenvalue weighted by atomic mass is 79.9. The maximum absolute atomic E-state index is 10.8. The monoisotopic (exact) mass is 344 g/mol. The van der Waals surface area contributed by atoms with Crippen LogP contribution in [0, 0.1) is 11.3 Å². The molecule has 19 heavy (non-hydrogen) atoms. The largest absolute Gasteiger partial charge is 0.390 e. The molecular weight excluding hydrogens is 320 g/mol. The molecule has 1 aromatic rings. The van der Waals surface area contributed by atoms with Crippen LogP contribution in [0.4, 0.5) is 0 Å². The second-order valence-electron chi connectivity index (χ2n) is 6.71. The van der Waals surface area contributed by atoms with Crippen molar-refractivity contribution in [1.82, 2.24) is 0 Å². The summed E-state index contributed by atoms with van der Waals surface area (Å²) in [5.74, 6) is 0.768. The average Bonchev–Trinajstić information content (AvgIpc) is 2.75. The van der Waals surface area contributed by atoms with Crippen LogP contribution < -0.4 is 0 Å². The van der Waals surface area contributed by atoms with E-state index in [1.807, 2.05) is 0 Å². The van der Waals surface area contributed by atoms with Crippen molar-refractivity contribution in [3.63, 3.8) is 0 Å². The summed E-state index contributed by atoms with van der Waals surface area (Å²) in [5.41, 5.74) is -0.0570. The van der Waals surface area contributed by atoms with Gasteiger partial charge in [0, 0.05) is 15.8 Å². The lowest BCUT2D eigenvalue weighted by Crippen LogP contribution is -2.39. The molecule has 0 atom stereocenters. The predicted molar refractivity (Wildman–Crippen MR) is 86.7 cm³/mol. The van der Waals surface area contributed by atoms with Crippen LogP contribution in [0.3, 0.4) is 0 Å². The highest BCUT2D eigenvalue weighted by molar-refractivity contribution is 9.10. The van der Waals surface area contributed by atoms with E-state index in [1.165, 1.54) is 24.1 Å². The number of aliphatic hydroxyl groups is 1. The van der Waals surface area contributed by atoms with Crippen LogP contribution in [0.25, 0.3) is 0 Å². The average molecular weight is 345 g/mol. The molecule has 1 saturated carbocycles. The molecule has 1 nitrogen and oxygen atoms in total. The zero-order chi connectivity index (χ0) is 14.1. The molecule has 0 spiro atoms. The lowest BCUT2D eigenvalue weighted by atomic mass is 9.66. The topological polar surface area (TPSA) is 20.2 Å². The number of halogens is 1. The van der Waals surface area contributed by atoms with E-state index in [0.29, 0.717) is 5.41 Å². The first kappa shape index (κ1) is 15.5. The molecule has 1 aliphatic rings. The standard InChI is InChI=1S/C16H25BrOS/c1-4-15(2,3)12-5-8-16(18,9-6-12)11-14-13(17)7-10-19-14/h7,10,12,18H,4-6,8-9,11H2,1-3H3. The normalized spacial score (nSPS) is 28.6. The first-order chi connectivity index (χ1) is 8.86. The summed E-state index contributed by atoms with van der Waals surface area (Å²) in [7, 11) is 0. The third kappa shape index (κ3) is 3.62. The molecular formula is C16H25BrOS. The Morgan fingerprint density at radius 1 is 1.42 bits per heavy atom. The van der Waals surface area contributed by atoms with E-state index < -0.39 is 5.60 Å². The van der Waals surface area contributed by atoms with Gasteiger partial charge in [-0.05, 0) is 64.4 Å². The molecule has 0 amide bonds. The first-order valence-corrected chi connectivity index (χ1v) is 8.98. The van der Waals surface area contributed by atoms with Crippen LogP contribution in [0.2, 0.25) is 0 Å². The Kier molecular flexibility index (Phi) is 4.79. The molecule has 1 N–H and O–H groups in total. The second kappa shape index (κ2) is 5.87. The molecule has 0 aliphatic heterocycles. The van der Waals surface area contributed by atoms with Gasteiger partial charge in [-0.3, -0.25) is 0 Å². The Hall–Kier alpha value is 0.140. The van der Waals surface area contributed by atoms with Gasteiger partial charge in [-0.1, -0.05) is 27.2 Å². The summed E-state index contributed by atoms with van der Waals surface area (Å²) in [4.78, 5) is 1.29. The highest BCUT2D eigenvalue weighted by Crippen LogP contribution is 2.45. The molecule has 0 unspecified atom stereocenters. The molecule has 0 bridgehead atoms. The molecule has 0 aromatic carbocycles. The summed E-state index contributed by atoms with van der Waals surface area (Å²) >= 11 is 5.32. The van der Waals surface area contributed by atoms with E-state index in [9.17, 15) is 5.11 Å². The first-order valence-electron chi connectivity index (χ1n) is 7.30. The van der Waals surface area contributed by atoms with Crippen molar-refractivity contribution in [3.05, 3.63) is 20.8 Å². The number of hydrogen-bond donors (Lipinski definition) is 1. The molecule has 3 heteroatoms. The van der Waals surface area contributed by atoms with Gasteiger partial charge in [0.2, 0.25) is 0 Å². The summed E-state index contributed by atoms with van der Waals surface area (Å²) in [6.45, 7) is 7.03. The smallest absolute Gasteiger partial charge is 0.0696 e. The zero-order valence-electron chi connectivity index (χ0n) is 12.2. The molecule has 108 valence electrons. The van der Waals surface area contributed by atoms with Crippen molar-refractivity contribution in [2.24, 2.45) is 11.3 Å². The van der Waals surface area contributed by atoms with Gasteiger partial charge in [-0.25, -0.2) is 0 Å². The van der Waals surface area contributed by atoms with Crippen LogP contribution in [-0.4, -0.2) is 10.7 Å². The molecule has 1 aromatic heterocycles. The van der Waals surface area contributed by atoms with Crippen molar-refractivity contribution < 1.29 is 5.11 Å². The van der Waals surface area contributed by atoms with E-state index in [-0.39, 0.29) is 0 Å².